The topological polar surface area (TPSA) is 90.7 Å². The number of hydrogen-bond donors (Lipinski definition) is 1. The molecular formula is C16H10BN5O. The third kappa shape index (κ3) is 2.42. The molecule has 0 aliphatic carbocycles. The molecule has 0 amide bonds. The fourth-order valence-electron chi connectivity index (χ4n) is 2.39. The van der Waals surface area contributed by atoms with Crippen LogP contribution in [0.3, 0.4) is 0 Å². The third-order valence-corrected chi connectivity index (χ3v) is 3.42. The van der Waals surface area contributed by atoms with Crippen molar-refractivity contribution in [3.8, 4) is 22.7 Å². The maximum Gasteiger partial charge on any atom is 0.225 e. The predicted octanol–water partition coefficient (Wildman–Crippen LogP) is 1.72. The molecule has 23 heavy (non-hydrogen) atoms. The van der Waals surface area contributed by atoms with Gasteiger partial charge in [-0.25, -0.2) is 19.9 Å². The molecular weight excluding hydrogens is 289 g/mol. The zero-order valence-corrected chi connectivity index (χ0v) is 12.0. The molecule has 3 aromatic heterocycles. The lowest BCUT2D eigenvalue weighted by Crippen LogP contribution is -2.15. The Hall–Kier alpha value is -3.22. The molecule has 0 saturated carbocycles. The molecule has 2 radical (unpaired) electrons. The van der Waals surface area contributed by atoms with Gasteiger partial charge in [-0.1, -0.05) is 12.1 Å². The third-order valence-electron chi connectivity index (χ3n) is 3.42. The summed E-state index contributed by atoms with van der Waals surface area (Å²) in [6.07, 6.45) is 3.15. The smallest absolute Gasteiger partial charge is 0.225 e. The summed E-state index contributed by atoms with van der Waals surface area (Å²) in [4.78, 5) is 16.8. The molecule has 0 unspecified atom stereocenters. The molecule has 3 heterocycles. The standard InChI is InChI=1S/C16H10BN5O/c17-16-21-12-5-4-11(20-13(12)14(18)22-16)9-2-1-3-10(8-9)15-19-6-7-23-15/h1-8H,(H2,18,21,22). The normalized spacial score (nSPS) is 11.0. The summed E-state index contributed by atoms with van der Waals surface area (Å²) < 4.78 is 5.33. The first-order valence-electron chi connectivity index (χ1n) is 6.91. The van der Waals surface area contributed by atoms with Gasteiger partial charge in [0.05, 0.1) is 23.1 Å². The minimum absolute atomic E-state index is 0.135. The fraction of sp³-hybridized carbons (Fsp3) is 0. The van der Waals surface area contributed by atoms with E-state index >= 15 is 0 Å². The summed E-state index contributed by atoms with van der Waals surface area (Å²) in [5.41, 5.74) is 9.71. The Bertz CT molecular complexity index is 1000. The predicted molar refractivity (Wildman–Crippen MR) is 88.1 cm³/mol. The van der Waals surface area contributed by atoms with Crippen LogP contribution in [0.25, 0.3) is 33.7 Å². The number of benzene rings is 1. The van der Waals surface area contributed by atoms with Crippen LogP contribution in [-0.2, 0) is 0 Å². The second-order valence-corrected chi connectivity index (χ2v) is 4.95. The molecule has 108 valence electrons. The fourth-order valence-corrected chi connectivity index (χ4v) is 2.39. The summed E-state index contributed by atoms with van der Waals surface area (Å²) in [6, 6.07) is 11.4. The minimum Gasteiger partial charge on any atom is -0.445 e. The van der Waals surface area contributed by atoms with E-state index in [2.05, 4.69) is 19.9 Å². The van der Waals surface area contributed by atoms with E-state index in [1.165, 1.54) is 0 Å². The van der Waals surface area contributed by atoms with Gasteiger partial charge in [-0.15, -0.1) is 0 Å². The molecule has 2 N–H and O–H groups in total. The Morgan fingerprint density at radius 3 is 2.70 bits per heavy atom. The highest BCUT2D eigenvalue weighted by Crippen LogP contribution is 2.26. The SMILES string of the molecule is [B]c1nc(N)c2nc(-c3cccc(-c4ncco4)c3)ccc2n1. The summed E-state index contributed by atoms with van der Waals surface area (Å²) in [7, 11) is 5.60. The van der Waals surface area contributed by atoms with Gasteiger partial charge in [0.15, 0.2) is 13.7 Å². The van der Waals surface area contributed by atoms with Crippen molar-refractivity contribution in [2.24, 2.45) is 0 Å². The van der Waals surface area contributed by atoms with E-state index in [-0.39, 0.29) is 11.5 Å². The molecule has 6 nitrogen and oxygen atoms in total. The maximum atomic E-state index is 5.89. The lowest BCUT2D eigenvalue weighted by atomic mass is 10.1. The van der Waals surface area contributed by atoms with Gasteiger partial charge in [0.2, 0.25) is 5.89 Å². The molecule has 4 aromatic rings. The highest BCUT2D eigenvalue weighted by atomic mass is 16.3. The van der Waals surface area contributed by atoms with Gasteiger partial charge < -0.3 is 10.2 Å². The zero-order valence-electron chi connectivity index (χ0n) is 12.0. The van der Waals surface area contributed by atoms with Gasteiger partial charge >= 0.3 is 0 Å². The summed E-state index contributed by atoms with van der Waals surface area (Å²) >= 11 is 0. The second-order valence-electron chi connectivity index (χ2n) is 4.95. The van der Waals surface area contributed by atoms with Crippen LogP contribution in [0, 0.1) is 0 Å². The lowest BCUT2D eigenvalue weighted by Gasteiger charge is -2.06. The molecule has 1 aromatic carbocycles. The van der Waals surface area contributed by atoms with Gasteiger partial charge in [0.25, 0.3) is 0 Å². The lowest BCUT2D eigenvalue weighted by molar-refractivity contribution is 0.574. The number of anilines is 1. The Kier molecular flexibility index (Phi) is 3.04. The number of nitrogen functional groups attached to an aromatic ring is 1. The highest BCUT2D eigenvalue weighted by molar-refractivity contribution is 6.29. The van der Waals surface area contributed by atoms with Gasteiger partial charge in [0.1, 0.15) is 11.8 Å². The van der Waals surface area contributed by atoms with Gasteiger partial charge in [-0.2, -0.15) is 0 Å². The monoisotopic (exact) mass is 299 g/mol. The second kappa shape index (κ2) is 5.21. The van der Waals surface area contributed by atoms with Crippen molar-refractivity contribution in [2.45, 2.75) is 0 Å². The van der Waals surface area contributed by atoms with Crippen LogP contribution in [0.5, 0.6) is 0 Å². The Morgan fingerprint density at radius 2 is 1.87 bits per heavy atom. The van der Waals surface area contributed by atoms with Crippen LogP contribution < -0.4 is 11.5 Å². The molecule has 0 saturated heterocycles. The Balaban J connectivity index is 1.85. The Labute approximate surface area is 132 Å². The summed E-state index contributed by atoms with van der Waals surface area (Å²) in [5.74, 6) is 0.821. The molecule has 0 bridgehead atoms. The van der Waals surface area contributed by atoms with Crippen LogP contribution >= 0.6 is 0 Å². The van der Waals surface area contributed by atoms with Gasteiger partial charge in [0, 0.05) is 11.1 Å². The average Bonchev–Trinajstić information content (AvgIpc) is 3.09. The van der Waals surface area contributed by atoms with Crippen molar-refractivity contribution in [3.05, 3.63) is 48.9 Å². The Morgan fingerprint density at radius 1 is 1.00 bits per heavy atom. The number of nitrogens with zero attached hydrogens (tertiary/aromatic N) is 4. The van der Waals surface area contributed by atoms with E-state index in [0.717, 1.165) is 16.8 Å². The maximum absolute atomic E-state index is 5.89. The van der Waals surface area contributed by atoms with Crippen LogP contribution in [0.4, 0.5) is 5.82 Å². The van der Waals surface area contributed by atoms with E-state index < -0.39 is 0 Å². The van der Waals surface area contributed by atoms with Crippen LogP contribution in [-0.4, -0.2) is 27.8 Å². The highest BCUT2D eigenvalue weighted by Gasteiger charge is 2.09. The molecule has 0 spiro atoms. The van der Waals surface area contributed by atoms with E-state index in [1.807, 2.05) is 36.4 Å². The van der Waals surface area contributed by atoms with E-state index in [9.17, 15) is 0 Å². The van der Waals surface area contributed by atoms with E-state index in [0.29, 0.717) is 16.9 Å². The summed E-state index contributed by atoms with van der Waals surface area (Å²) in [6.45, 7) is 0. The van der Waals surface area contributed by atoms with Crippen molar-refractivity contribution < 1.29 is 4.42 Å². The van der Waals surface area contributed by atoms with Crippen molar-refractivity contribution in [3.63, 3.8) is 0 Å². The average molecular weight is 299 g/mol. The van der Waals surface area contributed by atoms with Crippen molar-refractivity contribution in [2.75, 3.05) is 5.73 Å². The molecule has 0 aliphatic rings. The van der Waals surface area contributed by atoms with Crippen molar-refractivity contribution in [1.82, 2.24) is 19.9 Å². The first-order valence-corrected chi connectivity index (χ1v) is 6.91. The molecule has 0 fully saturated rings. The largest absolute Gasteiger partial charge is 0.445 e. The number of rotatable bonds is 2. The number of hydrogen-bond acceptors (Lipinski definition) is 6. The molecule has 4 rings (SSSR count). The molecule has 7 heteroatoms. The minimum atomic E-state index is 0.135. The van der Waals surface area contributed by atoms with Gasteiger partial charge in [-0.3, -0.25) is 0 Å². The van der Waals surface area contributed by atoms with E-state index in [4.69, 9.17) is 18.0 Å². The number of fused-ring (bicyclic) bond motifs is 1. The van der Waals surface area contributed by atoms with Crippen LogP contribution in [0.2, 0.25) is 0 Å². The first kappa shape index (κ1) is 13.4. The molecule has 0 aliphatic heterocycles. The van der Waals surface area contributed by atoms with Crippen LogP contribution in [0.1, 0.15) is 0 Å². The first-order chi connectivity index (χ1) is 11.2. The van der Waals surface area contributed by atoms with E-state index in [1.54, 1.807) is 12.5 Å². The van der Waals surface area contributed by atoms with Crippen molar-refractivity contribution >= 4 is 30.4 Å². The number of aromatic nitrogens is 4. The molecule has 0 atom stereocenters. The van der Waals surface area contributed by atoms with Crippen LogP contribution in [0.15, 0.2) is 53.3 Å². The zero-order chi connectivity index (χ0) is 15.8. The van der Waals surface area contributed by atoms with Gasteiger partial charge in [-0.05, 0) is 24.3 Å². The quantitative estimate of drug-likeness (QED) is 0.567. The number of oxazole rings is 1. The number of nitrogens with two attached hydrogens (primary N) is 1. The summed E-state index contributed by atoms with van der Waals surface area (Å²) in [5, 5.41) is 0. The number of pyridine rings is 1. The van der Waals surface area contributed by atoms with Crippen molar-refractivity contribution in [1.29, 1.82) is 0 Å².